The quantitative estimate of drug-likeness (QED) is 0.0282. The summed E-state index contributed by atoms with van der Waals surface area (Å²) >= 11 is 2.45. The first-order valence-electron chi connectivity index (χ1n) is 18.3. The lowest BCUT2D eigenvalue weighted by molar-refractivity contribution is -0.153. The van der Waals surface area contributed by atoms with E-state index in [9.17, 15) is 19.5 Å². The van der Waals surface area contributed by atoms with Gasteiger partial charge in [-0.2, -0.15) is 9.36 Å². The van der Waals surface area contributed by atoms with E-state index < -0.39 is 34.7 Å². The van der Waals surface area contributed by atoms with Crippen molar-refractivity contribution in [2.75, 3.05) is 31.9 Å². The van der Waals surface area contributed by atoms with Gasteiger partial charge in [0.05, 0.1) is 13.7 Å². The van der Waals surface area contributed by atoms with Crippen LogP contribution in [0, 0.1) is 0 Å². The van der Waals surface area contributed by atoms with Crippen LogP contribution in [0.3, 0.4) is 0 Å². The molecule has 3 heterocycles. The standard InChI is InChI=1S/C43H40N6O7S2/c1-54-33-23-21-28(22-24-33)26-56-41(53)36-29(14-12-13-25-50)27-57-40-35(39(52)49(36)40)44-38(51)34(47-55-2)37-45-42(58-48-37)46-43(30-15-6-3-7-16-30,31-17-8-4-9-18-31)32-19-10-5-11-20-32/h3-13,15-24,35,40,50H,14,25-27H2,1-2H3,(H,44,51)(H,45,46,48)/b13-12+,47-34-/t35-,40-/m1/s1. The number of esters is 1. The van der Waals surface area contributed by atoms with E-state index in [2.05, 4.69) is 20.2 Å². The van der Waals surface area contributed by atoms with Crippen LogP contribution in [0.1, 0.15) is 34.5 Å². The number of amides is 2. The number of aliphatic hydroxyl groups is 1. The van der Waals surface area contributed by atoms with Crippen LogP contribution in [-0.4, -0.2) is 80.9 Å². The molecule has 2 atom stereocenters. The number of aliphatic hydroxyl groups excluding tert-OH is 1. The topological polar surface area (TPSA) is 165 Å². The molecule has 0 saturated carbocycles. The Hall–Kier alpha value is -6.29. The normalized spacial score (nSPS) is 16.7. The molecule has 296 valence electrons. The molecule has 2 aliphatic rings. The number of ether oxygens (including phenoxy) is 2. The Morgan fingerprint density at radius 1 is 0.914 bits per heavy atom. The molecular formula is C43H40N6O7S2. The number of hydrogen-bond donors (Lipinski definition) is 3. The number of methoxy groups -OCH3 is 1. The number of nitrogens with zero attached hydrogens (tertiary/aromatic N) is 4. The maximum atomic E-state index is 13.9. The average molecular weight is 817 g/mol. The minimum absolute atomic E-state index is 0.00416. The third kappa shape index (κ3) is 8.23. The van der Waals surface area contributed by atoms with Gasteiger partial charge in [0.15, 0.2) is 0 Å². The van der Waals surface area contributed by atoms with Gasteiger partial charge in [-0.25, -0.2) is 4.79 Å². The number of aromatic nitrogens is 2. The highest BCUT2D eigenvalue weighted by Gasteiger charge is 2.54. The number of carbonyl (C=O) groups excluding carboxylic acids is 3. The van der Waals surface area contributed by atoms with Crippen molar-refractivity contribution in [3.8, 4) is 5.75 Å². The second-order valence-corrected chi connectivity index (χ2v) is 15.0. The van der Waals surface area contributed by atoms with Crippen LogP contribution in [-0.2, 0) is 36.1 Å². The van der Waals surface area contributed by atoms with Crippen LogP contribution in [0.4, 0.5) is 5.13 Å². The molecule has 2 amide bonds. The van der Waals surface area contributed by atoms with Crippen molar-refractivity contribution in [2.24, 2.45) is 5.16 Å². The summed E-state index contributed by atoms with van der Waals surface area (Å²) in [6, 6.07) is 36.1. The van der Waals surface area contributed by atoms with Crippen molar-refractivity contribution < 1.29 is 33.8 Å². The maximum Gasteiger partial charge on any atom is 0.355 e. The van der Waals surface area contributed by atoms with E-state index in [0.717, 1.165) is 33.8 Å². The number of anilines is 1. The van der Waals surface area contributed by atoms with E-state index in [1.165, 1.54) is 23.8 Å². The summed E-state index contributed by atoms with van der Waals surface area (Å²) in [4.78, 5) is 52.6. The Kier molecular flexibility index (Phi) is 12.6. The van der Waals surface area contributed by atoms with Gasteiger partial charge in [0.2, 0.25) is 16.7 Å². The molecule has 0 spiro atoms. The average Bonchev–Trinajstić information content (AvgIpc) is 3.74. The van der Waals surface area contributed by atoms with Gasteiger partial charge in [0.1, 0.15) is 42.1 Å². The van der Waals surface area contributed by atoms with Crippen LogP contribution < -0.4 is 15.4 Å². The van der Waals surface area contributed by atoms with Crippen molar-refractivity contribution in [1.29, 1.82) is 0 Å². The molecule has 1 aromatic heterocycles. The first kappa shape index (κ1) is 39.9. The Morgan fingerprint density at radius 2 is 1.53 bits per heavy atom. The molecule has 0 radical (unpaired) electrons. The molecule has 3 N–H and O–H groups in total. The molecule has 0 bridgehead atoms. The molecule has 4 aromatic carbocycles. The summed E-state index contributed by atoms with van der Waals surface area (Å²) < 4.78 is 15.4. The fraction of sp³-hybridized carbons (Fsp3) is 0.209. The Labute approximate surface area is 343 Å². The first-order valence-corrected chi connectivity index (χ1v) is 20.1. The van der Waals surface area contributed by atoms with Crippen molar-refractivity contribution in [3.05, 3.63) is 167 Å². The van der Waals surface area contributed by atoms with Gasteiger partial charge < -0.3 is 30.1 Å². The number of carbonyl (C=O) groups is 3. The highest BCUT2D eigenvalue weighted by Crippen LogP contribution is 2.43. The Bertz CT molecular complexity index is 2220. The lowest BCUT2D eigenvalue weighted by atomic mass is 9.77. The third-order valence-corrected chi connectivity index (χ3v) is 11.6. The zero-order valence-corrected chi connectivity index (χ0v) is 33.2. The zero-order valence-electron chi connectivity index (χ0n) is 31.6. The van der Waals surface area contributed by atoms with Gasteiger partial charge in [0.25, 0.3) is 11.8 Å². The van der Waals surface area contributed by atoms with Crippen LogP contribution in [0.5, 0.6) is 5.75 Å². The summed E-state index contributed by atoms with van der Waals surface area (Å²) in [5.41, 5.74) is 3.27. The number of hydrogen-bond acceptors (Lipinski definition) is 13. The first-order chi connectivity index (χ1) is 28.4. The van der Waals surface area contributed by atoms with Crippen molar-refractivity contribution >= 4 is 51.9 Å². The van der Waals surface area contributed by atoms with Crippen LogP contribution in [0.2, 0.25) is 0 Å². The lowest BCUT2D eigenvalue weighted by Crippen LogP contribution is -2.71. The molecular weight excluding hydrogens is 777 g/mol. The summed E-state index contributed by atoms with van der Waals surface area (Å²) in [6.07, 6.45) is 3.63. The smallest absolute Gasteiger partial charge is 0.355 e. The number of allylic oxidation sites excluding steroid dienone is 1. The van der Waals surface area contributed by atoms with E-state index in [0.29, 0.717) is 28.6 Å². The molecule has 0 unspecified atom stereocenters. The van der Waals surface area contributed by atoms with Gasteiger partial charge >= 0.3 is 5.97 Å². The minimum atomic E-state index is -0.989. The van der Waals surface area contributed by atoms with Crippen LogP contribution in [0.25, 0.3) is 0 Å². The number of β-lactam (4-membered cyclic amide) rings is 1. The Balaban J connectivity index is 1.11. The van der Waals surface area contributed by atoms with E-state index in [4.69, 9.17) is 19.3 Å². The highest BCUT2D eigenvalue weighted by molar-refractivity contribution is 8.00. The number of benzene rings is 4. The number of rotatable bonds is 16. The van der Waals surface area contributed by atoms with Crippen molar-refractivity contribution in [2.45, 2.75) is 30.0 Å². The second kappa shape index (κ2) is 18.3. The number of fused-ring (bicyclic) bond motifs is 1. The molecule has 15 heteroatoms. The highest BCUT2D eigenvalue weighted by atomic mass is 32.2. The van der Waals surface area contributed by atoms with E-state index in [1.807, 2.05) is 91.0 Å². The van der Waals surface area contributed by atoms with E-state index in [-0.39, 0.29) is 30.4 Å². The zero-order chi connectivity index (χ0) is 40.5. The molecule has 1 saturated heterocycles. The van der Waals surface area contributed by atoms with E-state index in [1.54, 1.807) is 43.5 Å². The van der Waals surface area contributed by atoms with Crippen molar-refractivity contribution in [1.82, 2.24) is 19.6 Å². The summed E-state index contributed by atoms with van der Waals surface area (Å²) in [6.45, 7) is -0.189. The fourth-order valence-corrected chi connectivity index (χ4v) is 8.85. The number of thioether (sulfide) groups is 1. The van der Waals surface area contributed by atoms with Crippen LogP contribution in [0.15, 0.2) is 144 Å². The minimum Gasteiger partial charge on any atom is -0.497 e. The molecule has 1 fully saturated rings. The predicted octanol–water partition coefficient (Wildman–Crippen LogP) is 5.64. The summed E-state index contributed by atoms with van der Waals surface area (Å²) in [5.74, 6) is -0.839. The lowest BCUT2D eigenvalue weighted by Gasteiger charge is -2.49. The number of nitrogens with one attached hydrogen (secondary N) is 2. The summed E-state index contributed by atoms with van der Waals surface area (Å²) in [5, 5.41) is 19.5. The maximum absolute atomic E-state index is 13.9. The molecule has 5 aromatic rings. The number of oxime groups is 1. The molecule has 0 aliphatic carbocycles. The molecule has 2 aliphatic heterocycles. The fourth-order valence-electron chi connectivity index (χ4n) is 6.86. The monoisotopic (exact) mass is 816 g/mol. The van der Waals surface area contributed by atoms with Crippen molar-refractivity contribution in [3.63, 3.8) is 0 Å². The molecule has 7 rings (SSSR count). The van der Waals surface area contributed by atoms with Gasteiger partial charge in [-0.1, -0.05) is 120 Å². The van der Waals surface area contributed by atoms with Gasteiger partial charge in [-0.3, -0.25) is 14.5 Å². The Morgan fingerprint density at radius 3 is 2.10 bits per heavy atom. The van der Waals surface area contributed by atoms with Gasteiger partial charge in [-0.15, -0.1) is 11.8 Å². The van der Waals surface area contributed by atoms with Gasteiger partial charge in [0, 0.05) is 17.3 Å². The second-order valence-electron chi connectivity index (χ2n) is 13.1. The molecule has 58 heavy (non-hydrogen) atoms. The summed E-state index contributed by atoms with van der Waals surface area (Å²) in [7, 11) is 2.87. The largest absolute Gasteiger partial charge is 0.497 e. The third-order valence-electron chi connectivity index (χ3n) is 9.64. The van der Waals surface area contributed by atoms with Crippen LogP contribution >= 0.6 is 23.3 Å². The molecule has 13 nitrogen and oxygen atoms in total. The van der Waals surface area contributed by atoms with E-state index >= 15 is 0 Å². The van der Waals surface area contributed by atoms with Gasteiger partial charge in [-0.05, 0) is 46.4 Å². The predicted molar refractivity (Wildman–Crippen MR) is 222 cm³/mol. The SMILES string of the molecule is CO/N=C(\C(=O)N[C@@H]1C(=O)N2C(C(=O)OCc3ccc(OC)cc3)=C(C/C=C/CO)CS[C@H]12)c1nsc(NC(c2ccccc2)(c2ccccc2)c2ccccc2)n1.